The number of aryl methyl sites for hydroxylation is 2. The zero-order chi connectivity index (χ0) is 19.9. The molecule has 1 saturated heterocycles. The van der Waals surface area contributed by atoms with Crippen LogP contribution in [0.5, 0.6) is 0 Å². The molecule has 0 radical (unpaired) electrons. The van der Waals surface area contributed by atoms with E-state index < -0.39 is 10.0 Å². The molecule has 0 aliphatic carbocycles. The van der Waals surface area contributed by atoms with Crippen molar-refractivity contribution < 1.29 is 8.42 Å². The Balaban J connectivity index is 1.63. The molecule has 0 amide bonds. The Morgan fingerprint density at radius 3 is 2.25 bits per heavy atom. The summed E-state index contributed by atoms with van der Waals surface area (Å²) in [6, 6.07) is 14.9. The van der Waals surface area contributed by atoms with Crippen molar-refractivity contribution in [2.45, 2.75) is 18.7 Å². The number of sulfonamides is 1. The number of hydrogen-bond donors (Lipinski definition) is 1. The van der Waals surface area contributed by atoms with Gasteiger partial charge in [-0.1, -0.05) is 18.2 Å². The molecule has 4 rings (SSSR count). The number of para-hydroxylation sites is 1. The highest BCUT2D eigenvalue weighted by Gasteiger charge is 2.29. The maximum Gasteiger partial charge on any atom is 0.248 e. The third-order valence-electron chi connectivity index (χ3n) is 5.33. The van der Waals surface area contributed by atoms with Crippen molar-refractivity contribution in [1.29, 1.82) is 0 Å². The van der Waals surface area contributed by atoms with Crippen LogP contribution in [0, 0.1) is 13.8 Å². The number of fused-ring (bicyclic) bond motifs is 1. The summed E-state index contributed by atoms with van der Waals surface area (Å²) in [5.41, 5.74) is 3.15. The number of pyridine rings is 1. The maximum atomic E-state index is 13.2. The van der Waals surface area contributed by atoms with Gasteiger partial charge in [0.05, 0.1) is 10.4 Å². The van der Waals surface area contributed by atoms with Crippen LogP contribution in [0.25, 0.3) is 10.9 Å². The Kier molecular flexibility index (Phi) is 4.72. The molecule has 6 nitrogen and oxygen atoms in total. The molecule has 0 spiro atoms. The lowest BCUT2D eigenvalue weighted by molar-refractivity contribution is 0.385. The number of piperazine rings is 1. The predicted molar refractivity (Wildman–Crippen MR) is 111 cm³/mol. The fourth-order valence-corrected chi connectivity index (χ4v) is 5.32. The van der Waals surface area contributed by atoms with Crippen molar-refractivity contribution in [3.8, 4) is 0 Å². The summed E-state index contributed by atoms with van der Waals surface area (Å²) < 4.78 is 28.0. The van der Waals surface area contributed by atoms with E-state index in [9.17, 15) is 13.2 Å². The number of aromatic nitrogens is 1. The van der Waals surface area contributed by atoms with Crippen LogP contribution in [0.4, 0.5) is 5.69 Å². The van der Waals surface area contributed by atoms with Crippen molar-refractivity contribution in [3.63, 3.8) is 0 Å². The number of rotatable bonds is 3. The summed E-state index contributed by atoms with van der Waals surface area (Å²) in [7, 11) is -3.59. The van der Waals surface area contributed by atoms with Gasteiger partial charge in [0, 0.05) is 43.3 Å². The molecule has 0 unspecified atom stereocenters. The van der Waals surface area contributed by atoms with Gasteiger partial charge in [-0.25, -0.2) is 8.42 Å². The first kappa shape index (κ1) is 18.7. The van der Waals surface area contributed by atoms with E-state index in [1.54, 1.807) is 16.4 Å². The second kappa shape index (κ2) is 7.07. The van der Waals surface area contributed by atoms with Gasteiger partial charge in [-0.05, 0) is 49.2 Å². The van der Waals surface area contributed by atoms with Gasteiger partial charge in [0.25, 0.3) is 0 Å². The van der Waals surface area contributed by atoms with Crippen molar-refractivity contribution in [2.75, 3.05) is 31.1 Å². The van der Waals surface area contributed by atoms with E-state index in [2.05, 4.69) is 9.88 Å². The number of nitrogens with one attached hydrogen (secondary N) is 1. The first-order valence-electron chi connectivity index (χ1n) is 9.31. The number of H-pyrrole nitrogens is 1. The Morgan fingerprint density at radius 2 is 1.57 bits per heavy atom. The van der Waals surface area contributed by atoms with Crippen LogP contribution in [0.1, 0.15) is 11.1 Å². The van der Waals surface area contributed by atoms with Crippen LogP contribution in [-0.2, 0) is 10.0 Å². The second-order valence-corrected chi connectivity index (χ2v) is 9.14. The minimum atomic E-state index is -3.59. The van der Waals surface area contributed by atoms with E-state index in [-0.39, 0.29) is 10.5 Å². The Labute approximate surface area is 164 Å². The van der Waals surface area contributed by atoms with Gasteiger partial charge in [0.15, 0.2) is 0 Å². The van der Waals surface area contributed by atoms with Crippen LogP contribution >= 0.6 is 0 Å². The monoisotopic (exact) mass is 397 g/mol. The Hall–Kier alpha value is -2.64. The van der Waals surface area contributed by atoms with Gasteiger partial charge in [-0.2, -0.15) is 4.31 Å². The smallest absolute Gasteiger partial charge is 0.248 e. The molecule has 1 aromatic heterocycles. The molecule has 1 aliphatic heterocycles. The highest BCUT2D eigenvalue weighted by atomic mass is 32.2. The summed E-state index contributed by atoms with van der Waals surface area (Å²) in [4.78, 5) is 17.0. The SMILES string of the molecule is Cc1cc(=O)[nH]c2c(C)cc(S(=O)(=O)N3CCN(c4ccccc4)CC3)cc12. The van der Waals surface area contributed by atoms with Crippen molar-refractivity contribution in [1.82, 2.24) is 9.29 Å². The number of hydrogen-bond acceptors (Lipinski definition) is 4. The van der Waals surface area contributed by atoms with Crippen LogP contribution in [0.3, 0.4) is 0 Å². The number of nitrogens with zero attached hydrogens (tertiary/aromatic N) is 2. The Morgan fingerprint density at radius 1 is 0.893 bits per heavy atom. The molecular formula is C21H23N3O3S. The predicted octanol–water partition coefficient (Wildman–Crippen LogP) is 2.66. The van der Waals surface area contributed by atoms with Crippen molar-refractivity contribution in [2.24, 2.45) is 0 Å². The zero-order valence-corrected chi connectivity index (χ0v) is 16.8. The largest absolute Gasteiger partial charge is 0.369 e. The molecule has 0 atom stereocenters. The lowest BCUT2D eigenvalue weighted by atomic mass is 10.1. The molecule has 2 aromatic carbocycles. The van der Waals surface area contributed by atoms with E-state index in [0.717, 1.165) is 22.2 Å². The van der Waals surface area contributed by atoms with E-state index in [1.165, 1.54) is 6.07 Å². The molecule has 28 heavy (non-hydrogen) atoms. The van der Waals surface area contributed by atoms with Gasteiger partial charge in [0.1, 0.15) is 0 Å². The molecule has 0 bridgehead atoms. The lowest BCUT2D eigenvalue weighted by Gasteiger charge is -2.35. The van der Waals surface area contributed by atoms with Crippen molar-refractivity contribution in [3.05, 3.63) is 70.0 Å². The normalized spacial score (nSPS) is 15.9. The number of aromatic amines is 1. The standard InChI is InChI=1S/C21H23N3O3S/c1-15-13-20(25)22-21-16(2)12-18(14-19(15)21)28(26,27)24-10-8-23(9-11-24)17-6-4-3-5-7-17/h3-7,12-14H,8-11H2,1-2H3,(H,22,25). The topological polar surface area (TPSA) is 73.5 Å². The van der Waals surface area contributed by atoms with Gasteiger partial charge in [-0.15, -0.1) is 0 Å². The molecular weight excluding hydrogens is 374 g/mol. The zero-order valence-electron chi connectivity index (χ0n) is 16.0. The maximum absolute atomic E-state index is 13.2. The summed E-state index contributed by atoms with van der Waals surface area (Å²) in [6.45, 7) is 5.85. The number of anilines is 1. The average Bonchev–Trinajstić information content (AvgIpc) is 2.69. The third-order valence-corrected chi connectivity index (χ3v) is 7.20. The van der Waals surface area contributed by atoms with Gasteiger partial charge in [-0.3, -0.25) is 4.79 Å². The third kappa shape index (κ3) is 3.31. The summed E-state index contributed by atoms with van der Waals surface area (Å²) in [5, 5.41) is 0.765. The fourth-order valence-electron chi connectivity index (χ4n) is 3.79. The van der Waals surface area contributed by atoms with Crippen LogP contribution < -0.4 is 10.5 Å². The summed E-state index contributed by atoms with van der Waals surface area (Å²) in [5.74, 6) is 0. The van der Waals surface area contributed by atoms with Gasteiger partial charge >= 0.3 is 0 Å². The van der Waals surface area contributed by atoms with Crippen LogP contribution in [0.15, 0.2) is 58.2 Å². The molecule has 1 fully saturated rings. The molecule has 7 heteroatoms. The van der Waals surface area contributed by atoms with E-state index in [4.69, 9.17) is 0 Å². The minimum Gasteiger partial charge on any atom is -0.369 e. The summed E-state index contributed by atoms with van der Waals surface area (Å²) >= 11 is 0. The molecule has 1 N–H and O–H groups in total. The highest BCUT2D eigenvalue weighted by Crippen LogP contribution is 2.26. The molecule has 3 aromatic rings. The van der Waals surface area contributed by atoms with E-state index in [0.29, 0.717) is 31.7 Å². The quantitative estimate of drug-likeness (QED) is 0.737. The van der Waals surface area contributed by atoms with E-state index in [1.807, 2.05) is 44.2 Å². The summed E-state index contributed by atoms with van der Waals surface area (Å²) in [6.07, 6.45) is 0. The fraction of sp³-hybridized carbons (Fsp3) is 0.286. The molecule has 146 valence electrons. The first-order valence-corrected chi connectivity index (χ1v) is 10.7. The van der Waals surface area contributed by atoms with Gasteiger partial charge < -0.3 is 9.88 Å². The first-order chi connectivity index (χ1) is 13.4. The second-order valence-electron chi connectivity index (χ2n) is 7.21. The minimum absolute atomic E-state index is 0.180. The molecule has 2 heterocycles. The number of benzene rings is 2. The lowest BCUT2D eigenvalue weighted by Crippen LogP contribution is -2.48. The molecule has 1 aliphatic rings. The van der Waals surface area contributed by atoms with Crippen LogP contribution in [0.2, 0.25) is 0 Å². The Bertz CT molecular complexity index is 1180. The van der Waals surface area contributed by atoms with Crippen LogP contribution in [-0.4, -0.2) is 43.9 Å². The molecule has 0 saturated carbocycles. The van der Waals surface area contributed by atoms with Crippen molar-refractivity contribution >= 4 is 26.6 Å². The van der Waals surface area contributed by atoms with Gasteiger partial charge in [0.2, 0.25) is 15.6 Å². The van der Waals surface area contributed by atoms with E-state index >= 15 is 0 Å². The average molecular weight is 398 g/mol. The highest BCUT2D eigenvalue weighted by molar-refractivity contribution is 7.89.